The Morgan fingerprint density at radius 3 is 2.94 bits per heavy atom. The maximum atomic E-state index is 13.5. The zero-order valence-electron chi connectivity index (χ0n) is 8.89. The first kappa shape index (κ1) is 10.7. The van der Waals surface area contributed by atoms with Crippen molar-refractivity contribution in [2.45, 2.75) is 13.5 Å². The number of aromatic nitrogens is 4. The first-order valence-corrected chi connectivity index (χ1v) is 5.05. The second kappa shape index (κ2) is 4.80. The molecule has 0 bridgehead atoms. The van der Waals surface area contributed by atoms with E-state index in [9.17, 15) is 4.39 Å². The lowest BCUT2D eigenvalue weighted by Crippen LogP contribution is -2.16. The van der Waals surface area contributed by atoms with Gasteiger partial charge in [0.15, 0.2) is 5.82 Å². The van der Waals surface area contributed by atoms with Gasteiger partial charge in [-0.05, 0) is 29.1 Å². The molecule has 1 N–H and O–H groups in total. The van der Waals surface area contributed by atoms with E-state index in [1.165, 1.54) is 10.7 Å². The molecule has 6 heteroatoms. The van der Waals surface area contributed by atoms with Crippen LogP contribution in [-0.4, -0.2) is 26.8 Å². The molecule has 0 aliphatic carbocycles. The van der Waals surface area contributed by atoms with Crippen LogP contribution in [-0.2, 0) is 6.54 Å². The Morgan fingerprint density at radius 1 is 1.38 bits per heavy atom. The van der Waals surface area contributed by atoms with Crippen molar-refractivity contribution in [2.24, 2.45) is 0 Å². The van der Waals surface area contributed by atoms with Crippen LogP contribution < -0.4 is 5.32 Å². The van der Waals surface area contributed by atoms with Crippen LogP contribution >= 0.6 is 0 Å². The average Bonchev–Trinajstić information content (AvgIpc) is 2.75. The van der Waals surface area contributed by atoms with Gasteiger partial charge in [0, 0.05) is 0 Å². The average molecular weight is 221 g/mol. The second-order valence-corrected chi connectivity index (χ2v) is 3.24. The number of tetrazole rings is 1. The maximum Gasteiger partial charge on any atom is 0.170 e. The van der Waals surface area contributed by atoms with Crippen LogP contribution in [0.25, 0.3) is 5.69 Å². The van der Waals surface area contributed by atoms with Crippen molar-refractivity contribution in [1.29, 1.82) is 0 Å². The summed E-state index contributed by atoms with van der Waals surface area (Å²) in [6.07, 6.45) is 0. The SMILES string of the molecule is CCNCc1nnnn1-c1ccccc1F. The summed E-state index contributed by atoms with van der Waals surface area (Å²) in [5.74, 6) is 0.250. The zero-order valence-corrected chi connectivity index (χ0v) is 8.89. The summed E-state index contributed by atoms with van der Waals surface area (Å²) < 4.78 is 14.9. The first-order valence-electron chi connectivity index (χ1n) is 5.05. The molecule has 2 rings (SSSR count). The van der Waals surface area contributed by atoms with Gasteiger partial charge < -0.3 is 5.32 Å². The van der Waals surface area contributed by atoms with E-state index in [1.807, 2.05) is 6.92 Å². The van der Waals surface area contributed by atoms with Crippen LogP contribution in [0.4, 0.5) is 4.39 Å². The van der Waals surface area contributed by atoms with Crippen LogP contribution in [0.3, 0.4) is 0 Å². The third-order valence-corrected chi connectivity index (χ3v) is 2.15. The van der Waals surface area contributed by atoms with Crippen molar-refractivity contribution in [3.05, 3.63) is 35.9 Å². The van der Waals surface area contributed by atoms with Gasteiger partial charge in [0.1, 0.15) is 11.5 Å². The fourth-order valence-electron chi connectivity index (χ4n) is 1.36. The molecule has 0 fully saturated rings. The van der Waals surface area contributed by atoms with Gasteiger partial charge in [-0.3, -0.25) is 0 Å². The van der Waals surface area contributed by atoms with E-state index in [1.54, 1.807) is 18.2 Å². The molecule has 84 valence electrons. The molecular weight excluding hydrogens is 209 g/mol. The Morgan fingerprint density at radius 2 is 2.19 bits per heavy atom. The van der Waals surface area contributed by atoms with Gasteiger partial charge in [-0.1, -0.05) is 19.1 Å². The molecule has 2 aromatic rings. The van der Waals surface area contributed by atoms with Gasteiger partial charge in [0.2, 0.25) is 0 Å². The van der Waals surface area contributed by atoms with Crippen LogP contribution in [0.5, 0.6) is 0 Å². The Labute approximate surface area is 92.3 Å². The third kappa shape index (κ3) is 2.06. The van der Waals surface area contributed by atoms with Crippen molar-refractivity contribution in [3.63, 3.8) is 0 Å². The fourth-order valence-corrected chi connectivity index (χ4v) is 1.36. The van der Waals surface area contributed by atoms with Crippen molar-refractivity contribution in [1.82, 2.24) is 25.5 Å². The third-order valence-electron chi connectivity index (χ3n) is 2.15. The van der Waals surface area contributed by atoms with Gasteiger partial charge >= 0.3 is 0 Å². The van der Waals surface area contributed by atoms with E-state index < -0.39 is 0 Å². The van der Waals surface area contributed by atoms with E-state index in [0.717, 1.165) is 6.54 Å². The van der Waals surface area contributed by atoms with Gasteiger partial charge in [-0.25, -0.2) is 4.39 Å². The van der Waals surface area contributed by atoms with Crippen molar-refractivity contribution < 1.29 is 4.39 Å². The summed E-state index contributed by atoms with van der Waals surface area (Å²) in [7, 11) is 0. The Balaban J connectivity index is 2.33. The maximum absolute atomic E-state index is 13.5. The number of hydrogen-bond acceptors (Lipinski definition) is 4. The van der Waals surface area contributed by atoms with Crippen molar-refractivity contribution in [2.75, 3.05) is 6.54 Å². The number of benzene rings is 1. The number of nitrogens with zero attached hydrogens (tertiary/aromatic N) is 4. The van der Waals surface area contributed by atoms with Crippen molar-refractivity contribution in [3.8, 4) is 5.69 Å². The lowest BCUT2D eigenvalue weighted by atomic mass is 10.3. The highest BCUT2D eigenvalue weighted by Gasteiger charge is 2.10. The Hall–Kier alpha value is -1.82. The molecule has 1 heterocycles. The molecule has 1 aromatic carbocycles. The van der Waals surface area contributed by atoms with Gasteiger partial charge in [0.25, 0.3) is 0 Å². The summed E-state index contributed by atoms with van der Waals surface area (Å²) in [6, 6.07) is 6.40. The number of para-hydroxylation sites is 1. The smallest absolute Gasteiger partial charge is 0.170 e. The van der Waals surface area contributed by atoms with Gasteiger partial charge in [0.05, 0.1) is 6.54 Å². The minimum Gasteiger partial charge on any atom is -0.310 e. The molecule has 0 saturated heterocycles. The highest BCUT2D eigenvalue weighted by molar-refractivity contribution is 5.32. The summed E-state index contributed by atoms with van der Waals surface area (Å²) in [5.41, 5.74) is 0.361. The summed E-state index contributed by atoms with van der Waals surface area (Å²) >= 11 is 0. The molecule has 0 atom stereocenters. The molecule has 16 heavy (non-hydrogen) atoms. The summed E-state index contributed by atoms with van der Waals surface area (Å²) in [6.45, 7) is 3.30. The quantitative estimate of drug-likeness (QED) is 0.833. The monoisotopic (exact) mass is 221 g/mol. The summed E-state index contributed by atoms with van der Waals surface area (Å²) in [5, 5.41) is 14.3. The molecule has 1 aromatic heterocycles. The summed E-state index contributed by atoms with van der Waals surface area (Å²) in [4.78, 5) is 0. The second-order valence-electron chi connectivity index (χ2n) is 3.24. The van der Waals surface area contributed by atoms with E-state index in [4.69, 9.17) is 0 Å². The Kier molecular flexibility index (Phi) is 3.21. The van der Waals surface area contributed by atoms with E-state index >= 15 is 0 Å². The minimum atomic E-state index is -0.340. The van der Waals surface area contributed by atoms with Crippen LogP contribution in [0.15, 0.2) is 24.3 Å². The zero-order chi connectivity index (χ0) is 11.4. The number of nitrogens with one attached hydrogen (secondary N) is 1. The molecular formula is C10H12FN5. The van der Waals surface area contributed by atoms with Gasteiger partial charge in [-0.15, -0.1) is 5.10 Å². The topological polar surface area (TPSA) is 55.6 Å². The highest BCUT2D eigenvalue weighted by atomic mass is 19.1. The fraction of sp³-hybridized carbons (Fsp3) is 0.300. The molecule has 0 aliphatic rings. The van der Waals surface area contributed by atoms with Crippen LogP contribution in [0.1, 0.15) is 12.7 Å². The van der Waals surface area contributed by atoms with E-state index in [0.29, 0.717) is 18.1 Å². The number of halogens is 1. The lowest BCUT2D eigenvalue weighted by molar-refractivity contribution is 0.595. The lowest BCUT2D eigenvalue weighted by Gasteiger charge is -2.05. The van der Waals surface area contributed by atoms with Crippen molar-refractivity contribution >= 4 is 0 Å². The van der Waals surface area contributed by atoms with Crippen LogP contribution in [0, 0.1) is 5.82 Å². The number of rotatable bonds is 4. The Bertz CT molecular complexity index is 468. The predicted octanol–water partition coefficient (Wildman–Crippen LogP) is 0.911. The van der Waals surface area contributed by atoms with Crippen LogP contribution in [0.2, 0.25) is 0 Å². The largest absolute Gasteiger partial charge is 0.310 e. The molecule has 0 radical (unpaired) electrons. The molecule has 5 nitrogen and oxygen atoms in total. The van der Waals surface area contributed by atoms with E-state index in [2.05, 4.69) is 20.8 Å². The first-order chi connectivity index (χ1) is 7.83. The van der Waals surface area contributed by atoms with E-state index in [-0.39, 0.29) is 5.82 Å². The molecule has 0 unspecified atom stereocenters. The number of hydrogen-bond donors (Lipinski definition) is 1. The molecule has 0 saturated carbocycles. The molecule has 0 spiro atoms. The molecule has 0 aliphatic heterocycles. The predicted molar refractivity (Wildman–Crippen MR) is 56.5 cm³/mol. The standard InChI is InChI=1S/C10H12FN5/c1-2-12-7-10-13-14-15-16(10)9-6-4-3-5-8(9)11/h3-6,12H,2,7H2,1H3. The van der Waals surface area contributed by atoms with Gasteiger partial charge in [-0.2, -0.15) is 4.68 Å². The minimum absolute atomic E-state index is 0.340. The normalized spacial score (nSPS) is 10.6. The molecule has 0 amide bonds. The highest BCUT2D eigenvalue weighted by Crippen LogP contribution is 2.12.